The van der Waals surface area contributed by atoms with Crippen LogP contribution < -0.4 is 5.32 Å². The second-order valence-corrected chi connectivity index (χ2v) is 5.53. The minimum Gasteiger partial charge on any atom is -0.322 e. The van der Waals surface area contributed by atoms with E-state index in [9.17, 15) is 4.79 Å². The summed E-state index contributed by atoms with van der Waals surface area (Å²) in [4.78, 5) is 12.7. The van der Waals surface area contributed by atoms with Crippen LogP contribution in [0, 0.1) is 0 Å². The van der Waals surface area contributed by atoms with Crippen LogP contribution in [0.2, 0.25) is 0 Å². The van der Waals surface area contributed by atoms with Gasteiger partial charge in [-0.25, -0.2) is 0 Å². The average molecular weight is 313 g/mol. The zero-order chi connectivity index (χ0) is 16.4. The number of aromatic amines is 1. The van der Waals surface area contributed by atoms with Gasteiger partial charge in [0.2, 0.25) is 0 Å². The van der Waals surface area contributed by atoms with Crippen LogP contribution in [0.25, 0.3) is 22.0 Å². The summed E-state index contributed by atoms with van der Waals surface area (Å²) in [6.45, 7) is 0. The SMILES string of the molecule is O=C(Nc1cccc(-c2ccn[nH]2)c1)c1cccc2ccccc12. The van der Waals surface area contributed by atoms with Crippen LogP contribution in [-0.4, -0.2) is 16.1 Å². The summed E-state index contributed by atoms with van der Waals surface area (Å²) in [6.07, 6.45) is 1.71. The fourth-order valence-electron chi connectivity index (χ4n) is 2.80. The molecule has 0 bridgehead atoms. The van der Waals surface area contributed by atoms with Gasteiger partial charge >= 0.3 is 0 Å². The molecule has 4 heteroatoms. The summed E-state index contributed by atoms with van der Waals surface area (Å²) >= 11 is 0. The Labute approximate surface area is 139 Å². The molecule has 0 spiro atoms. The average Bonchev–Trinajstić information content (AvgIpc) is 3.16. The molecule has 2 N–H and O–H groups in total. The topological polar surface area (TPSA) is 57.8 Å². The molecule has 0 saturated heterocycles. The van der Waals surface area contributed by atoms with Gasteiger partial charge < -0.3 is 5.32 Å². The number of hydrogen-bond acceptors (Lipinski definition) is 2. The van der Waals surface area contributed by atoms with Crippen LogP contribution in [-0.2, 0) is 0 Å². The third-order valence-corrected chi connectivity index (χ3v) is 3.97. The molecule has 116 valence electrons. The van der Waals surface area contributed by atoms with Gasteiger partial charge in [0.05, 0.1) is 5.69 Å². The minimum absolute atomic E-state index is 0.117. The Morgan fingerprint density at radius 3 is 2.62 bits per heavy atom. The lowest BCUT2D eigenvalue weighted by Gasteiger charge is -2.09. The van der Waals surface area contributed by atoms with Crippen LogP contribution in [0.4, 0.5) is 5.69 Å². The summed E-state index contributed by atoms with van der Waals surface area (Å²) < 4.78 is 0. The maximum atomic E-state index is 12.7. The monoisotopic (exact) mass is 313 g/mol. The Hall–Kier alpha value is -3.40. The Morgan fingerprint density at radius 2 is 1.75 bits per heavy atom. The van der Waals surface area contributed by atoms with Gasteiger partial charge in [-0.15, -0.1) is 0 Å². The maximum Gasteiger partial charge on any atom is 0.256 e. The molecule has 0 unspecified atom stereocenters. The molecule has 0 saturated carbocycles. The van der Waals surface area contributed by atoms with E-state index in [1.165, 1.54) is 0 Å². The van der Waals surface area contributed by atoms with Crippen molar-refractivity contribution >= 4 is 22.4 Å². The first-order valence-electron chi connectivity index (χ1n) is 7.70. The largest absolute Gasteiger partial charge is 0.322 e. The van der Waals surface area contributed by atoms with Crippen molar-refractivity contribution in [2.45, 2.75) is 0 Å². The van der Waals surface area contributed by atoms with Gasteiger partial charge in [0.1, 0.15) is 0 Å². The molecule has 0 atom stereocenters. The standard InChI is InChI=1S/C20H15N3O/c24-20(18-10-4-6-14-5-1-2-9-17(14)18)22-16-8-3-7-15(13-16)19-11-12-21-23-19/h1-13H,(H,21,23)(H,22,24). The molecular formula is C20H15N3O. The first-order chi connectivity index (χ1) is 11.8. The number of anilines is 1. The number of amides is 1. The van der Waals surface area contributed by atoms with E-state index in [0.717, 1.165) is 27.7 Å². The van der Waals surface area contributed by atoms with Crippen LogP contribution in [0.1, 0.15) is 10.4 Å². The van der Waals surface area contributed by atoms with E-state index in [4.69, 9.17) is 0 Å². The molecule has 4 nitrogen and oxygen atoms in total. The molecule has 1 heterocycles. The van der Waals surface area contributed by atoms with Gasteiger partial charge in [0, 0.05) is 23.0 Å². The molecule has 0 aliphatic rings. The molecule has 1 aromatic heterocycles. The molecule has 4 aromatic rings. The molecule has 0 fully saturated rings. The van der Waals surface area contributed by atoms with Crippen LogP contribution in [0.5, 0.6) is 0 Å². The third kappa shape index (κ3) is 2.65. The highest BCUT2D eigenvalue weighted by Gasteiger charge is 2.10. The zero-order valence-corrected chi connectivity index (χ0v) is 12.9. The number of benzene rings is 3. The first-order valence-corrected chi connectivity index (χ1v) is 7.70. The number of rotatable bonds is 3. The van der Waals surface area contributed by atoms with Crippen molar-refractivity contribution in [1.29, 1.82) is 0 Å². The van der Waals surface area contributed by atoms with Gasteiger partial charge in [0.15, 0.2) is 0 Å². The van der Waals surface area contributed by atoms with E-state index in [-0.39, 0.29) is 5.91 Å². The van der Waals surface area contributed by atoms with Gasteiger partial charge in [-0.05, 0) is 35.0 Å². The van der Waals surface area contributed by atoms with E-state index in [2.05, 4.69) is 15.5 Å². The predicted octanol–water partition coefficient (Wildman–Crippen LogP) is 4.48. The van der Waals surface area contributed by atoms with Crippen molar-refractivity contribution in [1.82, 2.24) is 10.2 Å². The van der Waals surface area contributed by atoms with Crippen molar-refractivity contribution in [3.63, 3.8) is 0 Å². The van der Waals surface area contributed by atoms with E-state index < -0.39 is 0 Å². The molecule has 4 rings (SSSR count). The second kappa shape index (κ2) is 6.01. The fraction of sp³-hybridized carbons (Fsp3) is 0. The number of hydrogen-bond donors (Lipinski definition) is 2. The highest BCUT2D eigenvalue weighted by atomic mass is 16.1. The summed E-state index contributed by atoms with van der Waals surface area (Å²) in [5, 5.41) is 11.9. The lowest BCUT2D eigenvalue weighted by atomic mass is 10.0. The smallest absolute Gasteiger partial charge is 0.256 e. The predicted molar refractivity (Wildman–Crippen MR) is 95.9 cm³/mol. The Morgan fingerprint density at radius 1 is 0.917 bits per heavy atom. The normalized spacial score (nSPS) is 10.7. The summed E-state index contributed by atoms with van der Waals surface area (Å²) in [5.74, 6) is -0.117. The number of carbonyl (C=O) groups excluding carboxylic acids is 1. The third-order valence-electron chi connectivity index (χ3n) is 3.97. The second-order valence-electron chi connectivity index (χ2n) is 5.53. The Balaban J connectivity index is 1.66. The van der Waals surface area contributed by atoms with E-state index in [1.807, 2.05) is 72.8 Å². The number of aromatic nitrogens is 2. The molecular weight excluding hydrogens is 298 g/mol. The van der Waals surface area contributed by atoms with Crippen molar-refractivity contribution in [2.75, 3.05) is 5.32 Å². The highest BCUT2D eigenvalue weighted by molar-refractivity contribution is 6.13. The number of carbonyl (C=O) groups is 1. The van der Waals surface area contributed by atoms with Gasteiger partial charge in [-0.3, -0.25) is 9.89 Å². The first kappa shape index (κ1) is 14.2. The quantitative estimate of drug-likeness (QED) is 0.586. The number of H-pyrrole nitrogens is 1. The van der Waals surface area contributed by atoms with Gasteiger partial charge in [-0.1, -0.05) is 48.5 Å². The number of fused-ring (bicyclic) bond motifs is 1. The van der Waals surface area contributed by atoms with E-state index in [1.54, 1.807) is 6.20 Å². The molecule has 0 aliphatic carbocycles. The van der Waals surface area contributed by atoms with Crippen molar-refractivity contribution in [3.8, 4) is 11.3 Å². The Kier molecular flexibility index (Phi) is 3.56. The molecule has 0 aliphatic heterocycles. The zero-order valence-electron chi connectivity index (χ0n) is 12.9. The van der Waals surface area contributed by atoms with Gasteiger partial charge in [-0.2, -0.15) is 5.10 Å². The minimum atomic E-state index is -0.117. The molecule has 0 radical (unpaired) electrons. The van der Waals surface area contributed by atoms with Crippen LogP contribution >= 0.6 is 0 Å². The maximum absolute atomic E-state index is 12.7. The van der Waals surface area contributed by atoms with Crippen LogP contribution in [0.15, 0.2) is 79.0 Å². The Bertz CT molecular complexity index is 1000. The van der Waals surface area contributed by atoms with Crippen molar-refractivity contribution in [2.24, 2.45) is 0 Å². The lowest BCUT2D eigenvalue weighted by Crippen LogP contribution is -2.12. The van der Waals surface area contributed by atoms with Gasteiger partial charge in [0.25, 0.3) is 5.91 Å². The fourth-order valence-corrected chi connectivity index (χ4v) is 2.80. The summed E-state index contributed by atoms with van der Waals surface area (Å²) in [6, 6.07) is 23.2. The highest BCUT2D eigenvalue weighted by Crippen LogP contribution is 2.23. The lowest BCUT2D eigenvalue weighted by molar-refractivity contribution is 0.102. The molecule has 1 amide bonds. The molecule has 3 aromatic carbocycles. The van der Waals surface area contributed by atoms with Crippen LogP contribution in [0.3, 0.4) is 0 Å². The summed E-state index contributed by atoms with van der Waals surface area (Å²) in [5.41, 5.74) is 3.31. The van der Waals surface area contributed by atoms with Crippen molar-refractivity contribution < 1.29 is 4.79 Å². The molecule has 24 heavy (non-hydrogen) atoms. The van der Waals surface area contributed by atoms with Crippen molar-refractivity contribution in [3.05, 3.63) is 84.6 Å². The summed E-state index contributed by atoms with van der Waals surface area (Å²) in [7, 11) is 0. The number of nitrogens with zero attached hydrogens (tertiary/aromatic N) is 1. The number of nitrogens with one attached hydrogen (secondary N) is 2. The van der Waals surface area contributed by atoms with E-state index >= 15 is 0 Å². The van der Waals surface area contributed by atoms with E-state index in [0.29, 0.717) is 5.56 Å².